The van der Waals surface area contributed by atoms with Gasteiger partial charge < -0.3 is 20.1 Å². The molecule has 1 aliphatic heterocycles. The summed E-state index contributed by atoms with van der Waals surface area (Å²) in [6, 6.07) is 4.54. The van der Waals surface area contributed by atoms with Crippen molar-refractivity contribution in [1.29, 1.82) is 0 Å². The molecule has 0 spiro atoms. The van der Waals surface area contributed by atoms with Crippen LogP contribution in [0.5, 0.6) is 5.75 Å². The third-order valence-corrected chi connectivity index (χ3v) is 2.84. The second-order valence-corrected chi connectivity index (χ2v) is 4.46. The monoisotopic (exact) mass is 290 g/mol. The molecule has 0 radical (unpaired) electrons. The normalized spacial score (nSPS) is 15.7. The fraction of sp³-hybridized carbons (Fsp3) is 0.417. The zero-order valence-corrected chi connectivity index (χ0v) is 10.4. The average Bonchev–Trinajstić information content (AvgIpc) is 2.28. The number of carbonyl (C=O) groups excluding carboxylic acids is 1. The van der Waals surface area contributed by atoms with Gasteiger partial charge in [-0.15, -0.1) is 13.2 Å². The minimum Gasteiger partial charge on any atom is -0.406 e. The van der Waals surface area contributed by atoms with Crippen molar-refractivity contribution in [1.82, 2.24) is 4.90 Å². The molecule has 1 aliphatic rings. The second-order valence-electron chi connectivity index (χ2n) is 4.46. The first-order chi connectivity index (χ1) is 9.37. The summed E-state index contributed by atoms with van der Waals surface area (Å²) in [5, 5.41) is 11.4. The quantitative estimate of drug-likeness (QED) is 0.895. The van der Waals surface area contributed by atoms with Crippen molar-refractivity contribution < 1.29 is 27.8 Å². The molecule has 1 aromatic carbocycles. The number of alkyl halides is 3. The summed E-state index contributed by atoms with van der Waals surface area (Å²) in [7, 11) is 0. The Bertz CT molecular complexity index is 470. The van der Waals surface area contributed by atoms with E-state index in [0.717, 1.165) is 12.1 Å². The van der Waals surface area contributed by atoms with Crippen molar-refractivity contribution in [2.75, 3.05) is 25.0 Å². The Hall–Kier alpha value is -1.96. The lowest BCUT2D eigenvalue weighted by atomic mass is 10.0. The molecule has 0 saturated carbocycles. The number of anilines is 1. The summed E-state index contributed by atoms with van der Waals surface area (Å²) in [6.07, 6.45) is -4.73. The molecule has 5 nitrogen and oxygen atoms in total. The first-order valence-corrected chi connectivity index (χ1v) is 5.90. The molecule has 0 atom stereocenters. The number of hydrogen-bond acceptors (Lipinski definition) is 3. The number of benzene rings is 1. The fourth-order valence-corrected chi connectivity index (χ4v) is 1.79. The highest BCUT2D eigenvalue weighted by Crippen LogP contribution is 2.24. The van der Waals surface area contributed by atoms with Crippen molar-refractivity contribution in [3.05, 3.63) is 24.3 Å². The van der Waals surface area contributed by atoms with Gasteiger partial charge in [0.15, 0.2) is 0 Å². The molecule has 0 bridgehead atoms. The molecule has 2 rings (SSSR count). The molecule has 20 heavy (non-hydrogen) atoms. The summed E-state index contributed by atoms with van der Waals surface area (Å²) in [4.78, 5) is 13.2. The topological polar surface area (TPSA) is 61.8 Å². The number of nitrogens with one attached hydrogen (secondary N) is 1. The van der Waals surface area contributed by atoms with Crippen molar-refractivity contribution in [2.45, 2.75) is 6.36 Å². The van der Waals surface area contributed by atoms with Gasteiger partial charge in [-0.25, -0.2) is 4.79 Å². The van der Waals surface area contributed by atoms with Gasteiger partial charge in [0.05, 0.1) is 0 Å². The number of nitrogens with zero attached hydrogens (tertiary/aromatic N) is 1. The van der Waals surface area contributed by atoms with E-state index in [9.17, 15) is 18.0 Å². The van der Waals surface area contributed by atoms with Gasteiger partial charge in [-0.2, -0.15) is 0 Å². The van der Waals surface area contributed by atoms with E-state index in [4.69, 9.17) is 5.11 Å². The van der Waals surface area contributed by atoms with Crippen LogP contribution in [0.1, 0.15) is 0 Å². The van der Waals surface area contributed by atoms with E-state index in [0.29, 0.717) is 18.8 Å². The van der Waals surface area contributed by atoms with Gasteiger partial charge in [0.2, 0.25) is 0 Å². The number of amides is 2. The Balaban J connectivity index is 1.86. The van der Waals surface area contributed by atoms with Crippen LogP contribution in [0, 0.1) is 5.92 Å². The van der Waals surface area contributed by atoms with Gasteiger partial charge >= 0.3 is 12.4 Å². The minimum absolute atomic E-state index is 0.0350. The molecule has 0 aromatic heterocycles. The summed E-state index contributed by atoms with van der Waals surface area (Å²) in [6.45, 7) is 0.975. The maximum Gasteiger partial charge on any atom is 0.573 e. The molecule has 0 aliphatic carbocycles. The van der Waals surface area contributed by atoms with E-state index >= 15 is 0 Å². The number of rotatable bonds is 3. The highest BCUT2D eigenvalue weighted by molar-refractivity contribution is 5.89. The van der Waals surface area contributed by atoms with E-state index in [1.807, 2.05) is 0 Å². The molecule has 1 aromatic rings. The Labute approximate surface area is 112 Å². The maximum absolute atomic E-state index is 12.0. The van der Waals surface area contributed by atoms with E-state index in [1.165, 1.54) is 17.0 Å². The number of aliphatic hydroxyl groups is 1. The standard InChI is InChI=1S/C12H13F3N2O3/c13-12(14,15)20-10-3-1-9(2-4-10)16-11(19)17-5-8(6-17)7-18/h1-4,8,18H,5-7H2,(H,16,19). The largest absolute Gasteiger partial charge is 0.573 e. The predicted octanol–water partition coefficient (Wildman–Crippen LogP) is 2.04. The lowest BCUT2D eigenvalue weighted by molar-refractivity contribution is -0.274. The number of urea groups is 1. The lowest BCUT2D eigenvalue weighted by Crippen LogP contribution is -2.52. The SMILES string of the molecule is O=C(Nc1ccc(OC(F)(F)F)cc1)N1CC(CO)C1. The fourth-order valence-electron chi connectivity index (χ4n) is 1.79. The average molecular weight is 290 g/mol. The Kier molecular flexibility index (Phi) is 4.03. The van der Waals surface area contributed by atoms with Gasteiger partial charge in [0, 0.05) is 31.3 Å². The van der Waals surface area contributed by atoms with Crippen LogP contribution in [0.2, 0.25) is 0 Å². The summed E-state index contributed by atoms with van der Waals surface area (Å²) >= 11 is 0. The summed E-state index contributed by atoms with van der Waals surface area (Å²) < 4.78 is 39.6. The minimum atomic E-state index is -4.73. The third kappa shape index (κ3) is 3.77. The summed E-state index contributed by atoms with van der Waals surface area (Å²) in [5.74, 6) is -0.247. The van der Waals surface area contributed by atoms with Crippen LogP contribution in [0.15, 0.2) is 24.3 Å². The van der Waals surface area contributed by atoms with E-state index in [2.05, 4.69) is 10.1 Å². The van der Waals surface area contributed by atoms with Crippen LogP contribution >= 0.6 is 0 Å². The number of hydrogen-bond donors (Lipinski definition) is 2. The van der Waals surface area contributed by atoms with E-state index < -0.39 is 6.36 Å². The first-order valence-electron chi connectivity index (χ1n) is 5.90. The Morgan fingerprint density at radius 2 is 1.95 bits per heavy atom. The van der Waals surface area contributed by atoms with Crippen LogP contribution in [0.3, 0.4) is 0 Å². The second kappa shape index (κ2) is 5.58. The first kappa shape index (κ1) is 14.4. The van der Waals surface area contributed by atoms with Crippen molar-refractivity contribution in [2.24, 2.45) is 5.92 Å². The number of aliphatic hydroxyl groups excluding tert-OH is 1. The number of halogens is 3. The summed E-state index contributed by atoms with van der Waals surface area (Å²) in [5.41, 5.74) is 0.372. The molecule has 8 heteroatoms. The smallest absolute Gasteiger partial charge is 0.406 e. The molecular weight excluding hydrogens is 277 g/mol. The highest BCUT2D eigenvalue weighted by atomic mass is 19.4. The zero-order valence-electron chi connectivity index (χ0n) is 10.4. The van der Waals surface area contributed by atoms with Crippen molar-refractivity contribution >= 4 is 11.7 Å². The Morgan fingerprint density at radius 3 is 2.45 bits per heavy atom. The van der Waals surface area contributed by atoms with E-state index in [-0.39, 0.29) is 24.3 Å². The van der Waals surface area contributed by atoms with Crippen LogP contribution in [0.4, 0.5) is 23.7 Å². The zero-order chi connectivity index (χ0) is 14.8. The number of likely N-dealkylation sites (tertiary alicyclic amines) is 1. The van der Waals surface area contributed by atoms with E-state index in [1.54, 1.807) is 0 Å². The lowest BCUT2D eigenvalue weighted by Gasteiger charge is -2.38. The van der Waals surface area contributed by atoms with Crippen LogP contribution in [-0.2, 0) is 0 Å². The van der Waals surface area contributed by atoms with Crippen LogP contribution in [0.25, 0.3) is 0 Å². The molecule has 2 N–H and O–H groups in total. The van der Waals surface area contributed by atoms with Crippen molar-refractivity contribution in [3.63, 3.8) is 0 Å². The Morgan fingerprint density at radius 1 is 1.35 bits per heavy atom. The van der Waals surface area contributed by atoms with Gasteiger partial charge in [0.25, 0.3) is 0 Å². The van der Waals surface area contributed by atoms with Gasteiger partial charge in [0.1, 0.15) is 5.75 Å². The number of ether oxygens (including phenoxy) is 1. The van der Waals surface area contributed by atoms with Crippen LogP contribution < -0.4 is 10.1 Å². The van der Waals surface area contributed by atoms with Gasteiger partial charge in [-0.1, -0.05) is 0 Å². The molecule has 0 unspecified atom stereocenters. The molecule has 1 saturated heterocycles. The molecule has 1 fully saturated rings. The maximum atomic E-state index is 12.0. The third-order valence-electron chi connectivity index (χ3n) is 2.84. The number of carbonyl (C=O) groups is 1. The molecular formula is C12H13F3N2O3. The van der Waals surface area contributed by atoms with Gasteiger partial charge in [-0.3, -0.25) is 0 Å². The van der Waals surface area contributed by atoms with Gasteiger partial charge in [-0.05, 0) is 24.3 Å². The van der Waals surface area contributed by atoms with Crippen LogP contribution in [-0.4, -0.2) is 42.1 Å². The molecule has 110 valence electrons. The molecule has 2 amide bonds. The van der Waals surface area contributed by atoms with Crippen molar-refractivity contribution in [3.8, 4) is 5.75 Å². The highest BCUT2D eigenvalue weighted by Gasteiger charge is 2.31. The predicted molar refractivity (Wildman–Crippen MR) is 64.3 cm³/mol. The molecule has 1 heterocycles.